The number of thiazole rings is 1. The highest BCUT2D eigenvalue weighted by atomic mass is 35.5. The molecule has 1 N–H and O–H groups in total. The molecule has 0 aliphatic carbocycles. The molecule has 0 saturated carbocycles. The molecule has 1 amide bonds. The fourth-order valence-electron chi connectivity index (χ4n) is 4.47. The SMILES string of the molecule is COc1cccc([C@@H]2C(C(=O)Nc3ccccc3)=C(C)N=c3s/c(=C\c4cc(Cl)ccc4OCC#N)c(=O)n32)c1. The first kappa shape index (κ1) is 26.9. The first-order valence-corrected chi connectivity index (χ1v) is 13.4. The van der Waals surface area contributed by atoms with Crippen LogP contribution in [0.2, 0.25) is 5.02 Å². The van der Waals surface area contributed by atoms with E-state index in [4.69, 9.17) is 26.3 Å². The Morgan fingerprint density at radius 2 is 1.98 bits per heavy atom. The summed E-state index contributed by atoms with van der Waals surface area (Å²) in [6.07, 6.45) is 1.66. The molecular formula is C30H23ClN4O4S. The minimum Gasteiger partial charge on any atom is -0.497 e. The number of carbonyl (C=O) groups is 1. The zero-order chi connectivity index (χ0) is 28.2. The lowest BCUT2D eigenvalue weighted by atomic mass is 9.95. The smallest absolute Gasteiger partial charge is 0.271 e. The lowest BCUT2D eigenvalue weighted by Crippen LogP contribution is -2.40. The van der Waals surface area contributed by atoms with Crippen LogP contribution in [0, 0.1) is 11.3 Å². The maximum absolute atomic E-state index is 14.0. The Labute approximate surface area is 238 Å². The van der Waals surface area contributed by atoms with Gasteiger partial charge < -0.3 is 14.8 Å². The normalized spacial score (nSPS) is 14.7. The molecule has 0 fully saturated rings. The second-order valence-corrected chi connectivity index (χ2v) is 10.3. The number of para-hydroxylation sites is 1. The van der Waals surface area contributed by atoms with Crippen LogP contribution in [0.25, 0.3) is 6.08 Å². The van der Waals surface area contributed by atoms with Gasteiger partial charge >= 0.3 is 0 Å². The van der Waals surface area contributed by atoms with Gasteiger partial charge in [0, 0.05) is 16.3 Å². The summed E-state index contributed by atoms with van der Waals surface area (Å²) in [5.41, 5.74) is 2.37. The fraction of sp³-hybridized carbons (Fsp3) is 0.133. The quantitative estimate of drug-likeness (QED) is 0.354. The summed E-state index contributed by atoms with van der Waals surface area (Å²) >= 11 is 7.42. The van der Waals surface area contributed by atoms with Gasteiger partial charge in [-0.1, -0.05) is 53.3 Å². The van der Waals surface area contributed by atoms with Crippen molar-refractivity contribution >= 4 is 40.6 Å². The van der Waals surface area contributed by atoms with E-state index in [0.717, 1.165) is 0 Å². The molecule has 40 heavy (non-hydrogen) atoms. The number of anilines is 1. The summed E-state index contributed by atoms with van der Waals surface area (Å²) < 4.78 is 12.9. The lowest BCUT2D eigenvalue weighted by molar-refractivity contribution is -0.113. The number of amides is 1. The Hall–Kier alpha value is -4.65. The van der Waals surface area contributed by atoms with Gasteiger partial charge in [-0.25, -0.2) is 4.99 Å². The van der Waals surface area contributed by atoms with Gasteiger partial charge in [0.05, 0.1) is 29.0 Å². The van der Waals surface area contributed by atoms with E-state index in [1.807, 2.05) is 36.4 Å². The van der Waals surface area contributed by atoms with Crippen molar-refractivity contribution in [2.45, 2.75) is 13.0 Å². The molecule has 1 aromatic heterocycles. The second-order valence-electron chi connectivity index (χ2n) is 8.81. The highest BCUT2D eigenvalue weighted by molar-refractivity contribution is 7.07. The van der Waals surface area contributed by atoms with Crippen LogP contribution in [0.4, 0.5) is 5.69 Å². The topological polar surface area (TPSA) is 106 Å². The molecule has 1 aliphatic heterocycles. The highest BCUT2D eigenvalue weighted by Gasteiger charge is 2.32. The Balaban J connectivity index is 1.69. The number of carbonyl (C=O) groups excluding carboxylic acids is 1. The number of allylic oxidation sites excluding steroid dienone is 1. The van der Waals surface area contributed by atoms with Crippen molar-refractivity contribution in [3.8, 4) is 17.6 Å². The summed E-state index contributed by atoms with van der Waals surface area (Å²) in [7, 11) is 1.56. The van der Waals surface area contributed by atoms with Crippen LogP contribution in [0.5, 0.6) is 11.5 Å². The third-order valence-electron chi connectivity index (χ3n) is 6.26. The Morgan fingerprint density at radius 1 is 1.18 bits per heavy atom. The average Bonchev–Trinajstić information content (AvgIpc) is 3.26. The number of nitrogens with zero attached hydrogens (tertiary/aromatic N) is 3. The molecule has 0 radical (unpaired) electrons. The zero-order valence-electron chi connectivity index (χ0n) is 21.6. The predicted molar refractivity (Wildman–Crippen MR) is 154 cm³/mol. The predicted octanol–water partition coefficient (Wildman–Crippen LogP) is 4.44. The van der Waals surface area contributed by atoms with E-state index >= 15 is 0 Å². The molecular weight excluding hydrogens is 548 g/mol. The second kappa shape index (κ2) is 11.6. The Kier molecular flexibility index (Phi) is 7.82. The molecule has 3 aromatic carbocycles. The van der Waals surface area contributed by atoms with Crippen molar-refractivity contribution in [3.63, 3.8) is 0 Å². The third-order valence-corrected chi connectivity index (χ3v) is 7.48. The molecule has 10 heteroatoms. The molecule has 200 valence electrons. The van der Waals surface area contributed by atoms with Crippen LogP contribution in [-0.2, 0) is 4.79 Å². The van der Waals surface area contributed by atoms with Crippen molar-refractivity contribution in [1.29, 1.82) is 5.26 Å². The standard InChI is InChI=1S/C30H23ClN4O4S/c1-18-26(28(36)34-22-8-4-3-5-9-22)27(19-7-6-10-23(16-19)38-2)35-29(37)25(40-30(35)33-18)17-20-15-21(31)11-12-24(20)39-14-13-32/h3-12,15-17,27H,14H2,1-2H3,(H,34,36)/b25-17-/t27-/m1/s1. The summed E-state index contributed by atoms with van der Waals surface area (Å²) in [5, 5.41) is 12.3. The zero-order valence-corrected chi connectivity index (χ0v) is 23.1. The number of rotatable bonds is 7. The van der Waals surface area contributed by atoms with Gasteiger partial charge in [-0.2, -0.15) is 5.26 Å². The number of hydrogen-bond donors (Lipinski definition) is 1. The molecule has 0 spiro atoms. The summed E-state index contributed by atoms with van der Waals surface area (Å²) in [5.74, 6) is 0.645. The third kappa shape index (κ3) is 5.41. The van der Waals surface area contributed by atoms with Gasteiger partial charge in [-0.05, 0) is 61.0 Å². The number of halogens is 1. The van der Waals surface area contributed by atoms with Crippen LogP contribution in [0.15, 0.2) is 93.9 Å². The summed E-state index contributed by atoms with van der Waals surface area (Å²) in [4.78, 5) is 32.8. The van der Waals surface area contributed by atoms with E-state index in [-0.39, 0.29) is 18.1 Å². The van der Waals surface area contributed by atoms with E-state index in [2.05, 4.69) is 10.3 Å². The molecule has 0 saturated heterocycles. The Morgan fingerprint density at radius 3 is 2.73 bits per heavy atom. The number of aromatic nitrogens is 1. The van der Waals surface area contributed by atoms with Gasteiger partial charge in [0.25, 0.3) is 11.5 Å². The molecule has 1 aliphatic rings. The van der Waals surface area contributed by atoms with Crippen molar-refractivity contribution in [2.24, 2.45) is 4.99 Å². The van der Waals surface area contributed by atoms with E-state index in [9.17, 15) is 9.59 Å². The van der Waals surface area contributed by atoms with Gasteiger partial charge in [0.1, 0.15) is 17.6 Å². The van der Waals surface area contributed by atoms with Gasteiger partial charge in [-0.15, -0.1) is 0 Å². The van der Waals surface area contributed by atoms with E-state index in [0.29, 0.717) is 53.9 Å². The largest absolute Gasteiger partial charge is 0.497 e. The van der Waals surface area contributed by atoms with E-state index in [1.54, 1.807) is 62.6 Å². The number of nitriles is 1. The molecule has 1 atom stereocenters. The summed E-state index contributed by atoms with van der Waals surface area (Å²) in [6.45, 7) is 1.60. The molecule has 8 nitrogen and oxygen atoms in total. The maximum Gasteiger partial charge on any atom is 0.271 e. The number of hydrogen-bond acceptors (Lipinski definition) is 7. The van der Waals surface area contributed by atoms with Crippen molar-refractivity contribution in [1.82, 2.24) is 4.57 Å². The monoisotopic (exact) mass is 570 g/mol. The van der Waals surface area contributed by atoms with Gasteiger partial charge in [0.15, 0.2) is 11.4 Å². The minimum absolute atomic E-state index is 0.154. The van der Waals surface area contributed by atoms with Crippen molar-refractivity contribution in [2.75, 3.05) is 19.0 Å². The van der Waals surface area contributed by atoms with Crippen LogP contribution in [0.3, 0.4) is 0 Å². The number of nitrogens with one attached hydrogen (secondary N) is 1. The van der Waals surface area contributed by atoms with Crippen molar-refractivity contribution < 1.29 is 14.3 Å². The van der Waals surface area contributed by atoms with E-state index in [1.165, 1.54) is 15.9 Å². The number of fused-ring (bicyclic) bond motifs is 1. The molecule has 0 unspecified atom stereocenters. The van der Waals surface area contributed by atoms with E-state index < -0.39 is 6.04 Å². The Bertz CT molecular complexity index is 1850. The summed E-state index contributed by atoms with van der Waals surface area (Å²) in [6, 6.07) is 22.5. The number of methoxy groups -OCH3 is 1. The number of ether oxygens (including phenoxy) is 2. The fourth-order valence-corrected chi connectivity index (χ4v) is 5.69. The maximum atomic E-state index is 14.0. The average molecular weight is 571 g/mol. The highest BCUT2D eigenvalue weighted by Crippen LogP contribution is 2.32. The first-order chi connectivity index (χ1) is 19.4. The van der Waals surface area contributed by atoms with Crippen LogP contribution in [-0.4, -0.2) is 24.2 Å². The molecule has 0 bridgehead atoms. The lowest BCUT2D eigenvalue weighted by Gasteiger charge is -2.25. The minimum atomic E-state index is -0.758. The molecule has 2 heterocycles. The van der Waals surface area contributed by atoms with Gasteiger partial charge in [-0.3, -0.25) is 14.2 Å². The number of benzene rings is 3. The first-order valence-electron chi connectivity index (χ1n) is 12.2. The molecule has 4 aromatic rings. The molecule has 5 rings (SSSR count). The van der Waals surface area contributed by atoms with Gasteiger partial charge in [0.2, 0.25) is 0 Å². The van der Waals surface area contributed by atoms with Crippen LogP contribution < -0.4 is 29.7 Å². The van der Waals surface area contributed by atoms with Crippen LogP contribution >= 0.6 is 22.9 Å². The van der Waals surface area contributed by atoms with Crippen molar-refractivity contribution in [3.05, 3.63) is 120 Å². The van der Waals surface area contributed by atoms with Crippen LogP contribution in [0.1, 0.15) is 24.1 Å².